The molecular formula is C14H22ClN3O. The van der Waals surface area contributed by atoms with Crippen molar-refractivity contribution >= 4 is 23.3 Å². The Bertz CT molecular complexity index is 435. The molecule has 1 rings (SSSR count). The lowest BCUT2D eigenvalue weighted by Gasteiger charge is -2.18. The summed E-state index contributed by atoms with van der Waals surface area (Å²) in [6, 6.07) is 3.48. The summed E-state index contributed by atoms with van der Waals surface area (Å²) < 4.78 is 0. The van der Waals surface area contributed by atoms with Crippen molar-refractivity contribution in [3.8, 4) is 0 Å². The molecule has 19 heavy (non-hydrogen) atoms. The van der Waals surface area contributed by atoms with Gasteiger partial charge in [-0.15, -0.1) is 0 Å². The summed E-state index contributed by atoms with van der Waals surface area (Å²) in [6.45, 7) is 7.71. The SMILES string of the molecule is CCNc1ccc(Cl)c(C(=O)N(C)CCC(C)C)n1. The minimum atomic E-state index is -0.134. The summed E-state index contributed by atoms with van der Waals surface area (Å²) in [5.74, 6) is 1.10. The minimum Gasteiger partial charge on any atom is -0.370 e. The second-order valence-electron chi connectivity index (χ2n) is 4.97. The fourth-order valence-corrected chi connectivity index (χ4v) is 1.79. The van der Waals surface area contributed by atoms with Crippen LogP contribution >= 0.6 is 11.6 Å². The number of nitrogens with one attached hydrogen (secondary N) is 1. The first-order valence-corrected chi connectivity index (χ1v) is 6.99. The summed E-state index contributed by atoms with van der Waals surface area (Å²) in [7, 11) is 1.78. The molecule has 0 aliphatic heterocycles. The van der Waals surface area contributed by atoms with Crippen molar-refractivity contribution in [3.05, 3.63) is 22.8 Å². The maximum absolute atomic E-state index is 12.3. The van der Waals surface area contributed by atoms with Crippen LogP contribution in [0.4, 0.5) is 5.82 Å². The molecule has 0 bridgehead atoms. The Labute approximate surface area is 120 Å². The Hall–Kier alpha value is -1.29. The molecule has 0 atom stereocenters. The van der Waals surface area contributed by atoms with Crippen molar-refractivity contribution in [1.82, 2.24) is 9.88 Å². The first-order chi connectivity index (χ1) is 8.95. The number of rotatable bonds is 6. The van der Waals surface area contributed by atoms with Crippen molar-refractivity contribution in [3.63, 3.8) is 0 Å². The maximum atomic E-state index is 12.3. The number of hydrogen-bond acceptors (Lipinski definition) is 3. The van der Waals surface area contributed by atoms with Crippen LogP contribution in [-0.4, -0.2) is 35.9 Å². The van der Waals surface area contributed by atoms with Gasteiger partial charge in [0.05, 0.1) is 5.02 Å². The zero-order valence-corrected chi connectivity index (χ0v) is 12.8. The van der Waals surface area contributed by atoms with Crippen molar-refractivity contribution in [2.24, 2.45) is 5.92 Å². The molecule has 0 aliphatic rings. The molecule has 0 fully saturated rings. The number of aromatic nitrogens is 1. The zero-order valence-electron chi connectivity index (χ0n) is 12.0. The van der Waals surface area contributed by atoms with Gasteiger partial charge in [-0.1, -0.05) is 25.4 Å². The van der Waals surface area contributed by atoms with E-state index < -0.39 is 0 Å². The van der Waals surface area contributed by atoms with E-state index in [-0.39, 0.29) is 5.91 Å². The summed E-state index contributed by atoms with van der Waals surface area (Å²) in [4.78, 5) is 18.2. The van der Waals surface area contributed by atoms with E-state index in [1.165, 1.54) is 0 Å². The minimum absolute atomic E-state index is 0.134. The summed E-state index contributed by atoms with van der Waals surface area (Å²) in [5, 5.41) is 3.47. The molecule has 1 amide bonds. The Morgan fingerprint density at radius 3 is 2.74 bits per heavy atom. The second kappa shape index (κ2) is 7.34. The van der Waals surface area contributed by atoms with Gasteiger partial charge in [-0.05, 0) is 31.4 Å². The largest absolute Gasteiger partial charge is 0.370 e. The van der Waals surface area contributed by atoms with Crippen molar-refractivity contribution in [2.75, 3.05) is 25.5 Å². The third kappa shape index (κ3) is 4.71. The molecule has 0 aliphatic carbocycles. The lowest BCUT2D eigenvalue weighted by molar-refractivity contribution is 0.0783. The first-order valence-electron chi connectivity index (χ1n) is 6.61. The number of carbonyl (C=O) groups excluding carboxylic acids is 1. The summed E-state index contributed by atoms with van der Waals surface area (Å²) in [6.07, 6.45) is 0.965. The van der Waals surface area contributed by atoms with Crippen LogP contribution in [0.1, 0.15) is 37.7 Å². The normalized spacial score (nSPS) is 10.6. The third-order valence-electron chi connectivity index (χ3n) is 2.80. The fraction of sp³-hybridized carbons (Fsp3) is 0.571. The van der Waals surface area contributed by atoms with Crippen LogP contribution in [0.2, 0.25) is 5.02 Å². The van der Waals surface area contributed by atoms with Crippen molar-refractivity contribution in [2.45, 2.75) is 27.2 Å². The van der Waals surface area contributed by atoms with E-state index in [1.807, 2.05) is 6.92 Å². The molecule has 5 heteroatoms. The number of nitrogens with zero attached hydrogens (tertiary/aromatic N) is 2. The summed E-state index contributed by atoms with van der Waals surface area (Å²) >= 11 is 6.06. The first kappa shape index (κ1) is 15.8. The summed E-state index contributed by atoms with van der Waals surface area (Å²) in [5.41, 5.74) is 0.311. The van der Waals surface area contributed by atoms with Crippen LogP contribution in [0.5, 0.6) is 0 Å². The van der Waals surface area contributed by atoms with Gasteiger partial charge in [-0.25, -0.2) is 4.98 Å². The lowest BCUT2D eigenvalue weighted by Crippen LogP contribution is -2.29. The predicted molar refractivity (Wildman–Crippen MR) is 79.8 cm³/mol. The molecule has 1 aromatic rings. The van der Waals surface area contributed by atoms with E-state index in [9.17, 15) is 4.79 Å². The van der Waals surface area contributed by atoms with Gasteiger partial charge in [0.25, 0.3) is 5.91 Å². The average molecular weight is 284 g/mol. The molecule has 0 spiro atoms. The molecule has 1 N–H and O–H groups in total. The van der Waals surface area contributed by atoms with Crippen molar-refractivity contribution < 1.29 is 4.79 Å². The molecule has 0 aromatic carbocycles. The number of carbonyl (C=O) groups is 1. The van der Waals surface area contributed by atoms with Gasteiger partial charge in [0, 0.05) is 20.1 Å². The van der Waals surface area contributed by atoms with E-state index in [2.05, 4.69) is 24.1 Å². The monoisotopic (exact) mass is 283 g/mol. The molecule has 0 unspecified atom stereocenters. The highest BCUT2D eigenvalue weighted by Gasteiger charge is 2.17. The highest BCUT2D eigenvalue weighted by Crippen LogP contribution is 2.18. The molecular weight excluding hydrogens is 262 g/mol. The number of pyridine rings is 1. The van der Waals surface area contributed by atoms with Gasteiger partial charge >= 0.3 is 0 Å². The van der Waals surface area contributed by atoms with Gasteiger partial charge < -0.3 is 10.2 Å². The Morgan fingerprint density at radius 2 is 2.16 bits per heavy atom. The Balaban J connectivity index is 2.82. The Kier molecular flexibility index (Phi) is 6.09. The topological polar surface area (TPSA) is 45.2 Å². The second-order valence-corrected chi connectivity index (χ2v) is 5.37. The standard InChI is InChI=1S/C14H22ClN3O/c1-5-16-12-7-6-11(15)13(17-12)14(19)18(4)9-8-10(2)3/h6-7,10H,5,8-9H2,1-4H3,(H,16,17). The molecule has 106 valence electrons. The van der Waals surface area contributed by atoms with Crippen LogP contribution in [0, 0.1) is 5.92 Å². The fourth-order valence-electron chi connectivity index (χ4n) is 1.61. The smallest absolute Gasteiger partial charge is 0.273 e. The van der Waals surface area contributed by atoms with E-state index in [4.69, 9.17) is 11.6 Å². The number of hydrogen-bond donors (Lipinski definition) is 1. The van der Waals surface area contributed by atoms with E-state index >= 15 is 0 Å². The van der Waals surface area contributed by atoms with Crippen LogP contribution < -0.4 is 5.32 Å². The van der Waals surface area contributed by atoms with Gasteiger partial charge in [0.2, 0.25) is 0 Å². The van der Waals surface area contributed by atoms with Gasteiger partial charge in [0.1, 0.15) is 11.5 Å². The predicted octanol–water partition coefficient (Wildman–Crippen LogP) is 3.28. The number of anilines is 1. The molecule has 1 aromatic heterocycles. The maximum Gasteiger partial charge on any atom is 0.273 e. The van der Waals surface area contributed by atoms with Crippen molar-refractivity contribution in [1.29, 1.82) is 0 Å². The third-order valence-corrected chi connectivity index (χ3v) is 3.10. The number of amides is 1. The van der Waals surface area contributed by atoms with Crippen LogP contribution in [0.3, 0.4) is 0 Å². The van der Waals surface area contributed by atoms with Gasteiger partial charge in [-0.3, -0.25) is 4.79 Å². The molecule has 0 saturated heterocycles. The van der Waals surface area contributed by atoms with Gasteiger partial charge in [0.15, 0.2) is 0 Å². The highest BCUT2D eigenvalue weighted by atomic mass is 35.5. The lowest BCUT2D eigenvalue weighted by atomic mass is 10.1. The zero-order chi connectivity index (χ0) is 14.4. The average Bonchev–Trinajstić information content (AvgIpc) is 2.37. The van der Waals surface area contributed by atoms with E-state index in [1.54, 1.807) is 24.1 Å². The Morgan fingerprint density at radius 1 is 1.47 bits per heavy atom. The molecule has 4 nitrogen and oxygen atoms in total. The molecule has 0 radical (unpaired) electrons. The van der Waals surface area contributed by atoms with Crippen LogP contribution in [0.25, 0.3) is 0 Å². The van der Waals surface area contributed by atoms with E-state index in [0.717, 1.165) is 13.0 Å². The van der Waals surface area contributed by atoms with Crippen LogP contribution in [0.15, 0.2) is 12.1 Å². The molecule has 0 saturated carbocycles. The number of halogens is 1. The quantitative estimate of drug-likeness (QED) is 0.871. The van der Waals surface area contributed by atoms with Crippen LogP contribution in [-0.2, 0) is 0 Å². The highest BCUT2D eigenvalue weighted by molar-refractivity contribution is 6.33. The van der Waals surface area contributed by atoms with E-state index in [0.29, 0.717) is 29.0 Å². The van der Waals surface area contributed by atoms with Gasteiger partial charge in [-0.2, -0.15) is 0 Å². The molecule has 1 heterocycles.